The first-order valence-electron chi connectivity index (χ1n) is 25.0. The topological polar surface area (TPSA) is 221 Å². The standard InChI is InChI=1S/C51H73N11O8S2/c1-32(52-7)44(64)54-37-19-23-71-41-25-50(3,4)43(61(41)47(37)67)46(66)56-39(34-15-11-9-12-16-34)29-69-22-21-59-27-36(57-58-59)28-70-30-40(35-17-13-10-14-18-35)60(31-63)49-51(5,6)26-42-62(49)48(68)38(20-24-72-42)55-45(65)33(2)53-8/h9-18,27,31-33,37-43,49,52-53H,19-26,28-30H2,1-8H3,(H,54,64)(H,55,65)(H,56,66)/t32-,33-,37-,38-,39+,40+,41-,42-,43+,49-/m0/s1. The van der Waals surface area contributed by atoms with E-state index in [9.17, 15) is 28.8 Å². The van der Waals surface area contributed by atoms with Crippen molar-refractivity contribution < 1.29 is 38.2 Å². The number of hydrogen-bond donors (Lipinski definition) is 5. The van der Waals surface area contributed by atoms with Crippen molar-refractivity contribution in [1.29, 1.82) is 0 Å². The number of thioether (sulfide) groups is 2. The number of benzene rings is 2. The number of carbonyl (C=O) groups is 6. The summed E-state index contributed by atoms with van der Waals surface area (Å²) in [5, 5.41) is 23.3. The third kappa shape index (κ3) is 12.6. The van der Waals surface area contributed by atoms with E-state index in [0.29, 0.717) is 49.4 Å². The average molecular weight is 1030 g/mol. The van der Waals surface area contributed by atoms with Gasteiger partial charge < -0.3 is 50.8 Å². The van der Waals surface area contributed by atoms with Crippen LogP contribution in [0.25, 0.3) is 0 Å². The Bertz CT molecular complexity index is 2340. The largest absolute Gasteiger partial charge is 0.377 e. The first-order valence-corrected chi connectivity index (χ1v) is 27.1. The van der Waals surface area contributed by atoms with Gasteiger partial charge in [-0.15, -0.1) is 28.6 Å². The highest BCUT2D eigenvalue weighted by molar-refractivity contribution is 8.00. The smallest absolute Gasteiger partial charge is 0.247 e. The number of amides is 6. The molecule has 392 valence electrons. The molecule has 7 rings (SSSR count). The SMILES string of the molecule is CN[C@@H](C)C(=O)N[C@H]1CCS[C@H]2CC(C)(C)[C@@H](C(=O)N[C@H](COCCn3cc(COC[C@H](c4ccccc4)N(C=O)[C@H]4N5C(=O)[C@@H](NC(=O)[C@H](C)NC)CCS[C@H]5CC4(C)C)nn3)c3ccccc3)N2C1=O. The molecule has 5 N–H and O–H groups in total. The van der Waals surface area contributed by atoms with Crippen LogP contribution in [0.5, 0.6) is 0 Å². The molecule has 21 heteroatoms. The maximum Gasteiger partial charge on any atom is 0.247 e. The highest BCUT2D eigenvalue weighted by Gasteiger charge is 2.56. The molecular formula is C51H73N11O8S2. The number of nitrogens with one attached hydrogen (secondary N) is 5. The van der Waals surface area contributed by atoms with Gasteiger partial charge in [-0.1, -0.05) is 93.6 Å². The van der Waals surface area contributed by atoms with Crippen molar-refractivity contribution in [3.8, 4) is 0 Å². The zero-order chi connectivity index (χ0) is 51.7. The summed E-state index contributed by atoms with van der Waals surface area (Å²) in [6.45, 7) is 12.6. The molecule has 0 saturated carbocycles. The molecule has 2 aromatic carbocycles. The van der Waals surface area contributed by atoms with E-state index in [4.69, 9.17) is 9.47 Å². The van der Waals surface area contributed by atoms with Crippen LogP contribution in [0, 0.1) is 10.8 Å². The van der Waals surface area contributed by atoms with Crippen molar-refractivity contribution in [2.75, 3.05) is 45.4 Å². The maximum absolute atomic E-state index is 14.5. The Morgan fingerprint density at radius 2 is 1.35 bits per heavy atom. The first-order chi connectivity index (χ1) is 34.5. The first kappa shape index (κ1) is 54.7. The monoisotopic (exact) mass is 1030 g/mol. The molecule has 5 heterocycles. The maximum atomic E-state index is 14.5. The second-order valence-electron chi connectivity index (χ2n) is 20.5. The molecule has 0 unspecified atom stereocenters. The Balaban J connectivity index is 0.975. The van der Waals surface area contributed by atoms with Crippen LogP contribution in [-0.2, 0) is 51.4 Å². The molecule has 0 bridgehead atoms. The molecular weight excluding hydrogens is 959 g/mol. The predicted octanol–water partition coefficient (Wildman–Crippen LogP) is 3.19. The van der Waals surface area contributed by atoms with E-state index in [-0.39, 0.29) is 66.7 Å². The Hall–Kier alpha value is -5.06. The number of aromatic nitrogens is 3. The van der Waals surface area contributed by atoms with Crippen LogP contribution >= 0.6 is 23.5 Å². The molecule has 3 aromatic rings. The predicted molar refractivity (Wildman–Crippen MR) is 276 cm³/mol. The second-order valence-corrected chi connectivity index (χ2v) is 23.1. The molecule has 19 nitrogen and oxygen atoms in total. The van der Waals surface area contributed by atoms with Crippen LogP contribution in [0.4, 0.5) is 0 Å². The zero-order valence-corrected chi connectivity index (χ0v) is 44.4. The zero-order valence-electron chi connectivity index (χ0n) is 42.7. The van der Waals surface area contributed by atoms with E-state index >= 15 is 0 Å². The van der Waals surface area contributed by atoms with Crippen LogP contribution in [0.2, 0.25) is 0 Å². The van der Waals surface area contributed by atoms with Crippen LogP contribution in [-0.4, -0.2) is 158 Å². The molecule has 1 aromatic heterocycles. The van der Waals surface area contributed by atoms with Gasteiger partial charge in [0.1, 0.15) is 30.0 Å². The third-order valence-corrected chi connectivity index (χ3v) is 16.9. The fourth-order valence-corrected chi connectivity index (χ4v) is 13.4. The summed E-state index contributed by atoms with van der Waals surface area (Å²) in [7, 11) is 3.39. The van der Waals surface area contributed by atoms with E-state index in [1.54, 1.807) is 72.1 Å². The molecule has 0 radical (unpaired) electrons. The number of carbonyl (C=O) groups excluding carboxylic acids is 6. The Kier molecular flexibility index (Phi) is 18.5. The number of ether oxygens (including phenoxy) is 2. The number of nitrogens with zero attached hydrogens (tertiary/aromatic N) is 6. The quantitative estimate of drug-likeness (QED) is 0.0722. The van der Waals surface area contributed by atoms with Gasteiger partial charge in [-0.2, -0.15) is 0 Å². The summed E-state index contributed by atoms with van der Waals surface area (Å²) in [5.41, 5.74) is 1.25. The van der Waals surface area contributed by atoms with Gasteiger partial charge in [0, 0.05) is 5.41 Å². The fourth-order valence-electron chi connectivity index (χ4n) is 10.2. The minimum absolute atomic E-state index is 0.102. The summed E-state index contributed by atoms with van der Waals surface area (Å²) < 4.78 is 14.2. The number of likely N-dealkylation sites (N-methyl/N-ethyl adjacent to an activating group) is 2. The Morgan fingerprint density at radius 3 is 1.93 bits per heavy atom. The van der Waals surface area contributed by atoms with E-state index in [2.05, 4.69) is 50.7 Å². The van der Waals surface area contributed by atoms with Gasteiger partial charge in [-0.25, -0.2) is 4.68 Å². The molecule has 0 spiro atoms. The molecule has 4 fully saturated rings. The summed E-state index contributed by atoms with van der Waals surface area (Å²) in [6, 6.07) is 15.0. The summed E-state index contributed by atoms with van der Waals surface area (Å²) >= 11 is 3.33. The minimum atomic E-state index is -0.765. The van der Waals surface area contributed by atoms with Crippen molar-refractivity contribution in [3.63, 3.8) is 0 Å². The number of rotatable bonds is 22. The highest BCUT2D eigenvalue weighted by atomic mass is 32.2. The minimum Gasteiger partial charge on any atom is -0.377 e. The molecule has 0 aliphatic carbocycles. The molecule has 4 aliphatic heterocycles. The van der Waals surface area contributed by atoms with Gasteiger partial charge in [0.05, 0.1) is 74.1 Å². The highest BCUT2D eigenvalue weighted by Crippen LogP contribution is 2.49. The normalized spacial score (nSPS) is 25.2. The van der Waals surface area contributed by atoms with Crippen molar-refractivity contribution in [2.45, 2.75) is 140 Å². The molecule has 72 heavy (non-hydrogen) atoms. The molecule has 6 amide bonds. The van der Waals surface area contributed by atoms with Gasteiger partial charge in [0.2, 0.25) is 35.9 Å². The molecule has 4 saturated heterocycles. The summed E-state index contributed by atoms with van der Waals surface area (Å²) in [5.74, 6) is 0.111. The van der Waals surface area contributed by atoms with E-state index in [1.807, 2.05) is 79.4 Å². The second kappa shape index (κ2) is 24.3. The van der Waals surface area contributed by atoms with E-state index < -0.39 is 59.3 Å². The lowest BCUT2D eigenvalue weighted by molar-refractivity contribution is -0.149. The van der Waals surface area contributed by atoms with Gasteiger partial charge in [0.25, 0.3) is 0 Å². The van der Waals surface area contributed by atoms with Gasteiger partial charge in [0.15, 0.2) is 0 Å². The van der Waals surface area contributed by atoms with Crippen LogP contribution in [0.15, 0.2) is 66.9 Å². The van der Waals surface area contributed by atoms with Crippen LogP contribution < -0.4 is 26.6 Å². The fraction of sp³-hybridized carbons (Fsp3) is 0.608. The number of hydrogen-bond acceptors (Lipinski definition) is 14. The van der Waals surface area contributed by atoms with Gasteiger partial charge in [-0.05, 0) is 81.7 Å². The Labute approximate surface area is 431 Å². The molecule has 10 atom stereocenters. The third-order valence-electron chi connectivity index (χ3n) is 14.4. The summed E-state index contributed by atoms with van der Waals surface area (Å²) in [6.07, 6.45) is 4.24. The Morgan fingerprint density at radius 1 is 0.792 bits per heavy atom. The summed E-state index contributed by atoms with van der Waals surface area (Å²) in [4.78, 5) is 87.4. The lowest BCUT2D eigenvalue weighted by atomic mass is 9.83. The van der Waals surface area contributed by atoms with Crippen molar-refractivity contribution >= 4 is 59.5 Å². The van der Waals surface area contributed by atoms with Crippen molar-refractivity contribution in [2.24, 2.45) is 10.8 Å². The van der Waals surface area contributed by atoms with Gasteiger partial charge in [-0.3, -0.25) is 28.8 Å². The van der Waals surface area contributed by atoms with Crippen molar-refractivity contribution in [1.82, 2.24) is 56.3 Å². The van der Waals surface area contributed by atoms with E-state index in [0.717, 1.165) is 17.5 Å². The lowest BCUT2D eigenvalue weighted by Gasteiger charge is -2.44. The average Bonchev–Trinajstić information content (AvgIpc) is 3.96. The number of fused-ring (bicyclic) bond motifs is 2. The van der Waals surface area contributed by atoms with Crippen molar-refractivity contribution in [3.05, 3.63) is 83.7 Å². The molecule has 4 aliphatic rings. The van der Waals surface area contributed by atoms with Gasteiger partial charge >= 0.3 is 0 Å². The van der Waals surface area contributed by atoms with Crippen LogP contribution in [0.1, 0.15) is 96.1 Å². The van der Waals surface area contributed by atoms with E-state index in [1.165, 1.54) is 0 Å². The van der Waals surface area contributed by atoms with Crippen LogP contribution in [0.3, 0.4) is 0 Å². The lowest BCUT2D eigenvalue weighted by Crippen LogP contribution is -2.59.